The lowest BCUT2D eigenvalue weighted by molar-refractivity contribution is -0.126. The number of rotatable bonds is 4. The van der Waals surface area contributed by atoms with Gasteiger partial charge in [-0.3, -0.25) is 14.3 Å². The molecule has 4 heterocycles. The maximum atomic E-state index is 15.5. The highest BCUT2D eigenvalue weighted by Crippen LogP contribution is 2.46. The monoisotopic (exact) mass is 601 g/mol. The highest BCUT2D eigenvalue weighted by Gasteiger charge is 2.32. The maximum Gasteiger partial charge on any atom is 0.354 e. The third-order valence-electron chi connectivity index (χ3n) is 8.36. The van der Waals surface area contributed by atoms with Crippen LogP contribution in [0.3, 0.4) is 0 Å². The number of piperazine rings is 1. The van der Waals surface area contributed by atoms with E-state index in [-0.39, 0.29) is 30.0 Å². The third-order valence-corrected chi connectivity index (χ3v) is 8.65. The Bertz CT molecular complexity index is 1850. The molecule has 1 fully saturated rings. The van der Waals surface area contributed by atoms with Crippen LogP contribution in [-0.4, -0.2) is 57.6 Å². The van der Waals surface area contributed by atoms with E-state index < -0.39 is 11.5 Å². The van der Waals surface area contributed by atoms with Gasteiger partial charge in [0.2, 0.25) is 5.91 Å². The van der Waals surface area contributed by atoms with Crippen LogP contribution >= 0.6 is 11.6 Å². The summed E-state index contributed by atoms with van der Waals surface area (Å²) in [6.07, 6.45) is 3.44. The highest BCUT2D eigenvalue weighted by atomic mass is 35.5. The average molecular weight is 602 g/mol. The van der Waals surface area contributed by atoms with Crippen molar-refractivity contribution in [1.82, 2.24) is 19.4 Å². The smallest absolute Gasteiger partial charge is 0.354 e. The second-order valence-corrected chi connectivity index (χ2v) is 11.8. The van der Waals surface area contributed by atoms with Crippen molar-refractivity contribution in [2.45, 2.75) is 46.1 Å². The maximum absolute atomic E-state index is 15.5. The molecule has 2 aromatic carbocycles. The number of hydrogen-bond donors (Lipinski definition) is 0. The van der Waals surface area contributed by atoms with Crippen molar-refractivity contribution in [1.29, 1.82) is 0 Å². The number of amides is 1. The second kappa shape index (κ2) is 11.1. The van der Waals surface area contributed by atoms with Gasteiger partial charge >= 0.3 is 5.69 Å². The van der Waals surface area contributed by atoms with Gasteiger partial charge in [-0.15, -0.1) is 0 Å². The third kappa shape index (κ3) is 4.76. The van der Waals surface area contributed by atoms with E-state index in [2.05, 4.69) is 16.5 Å². The van der Waals surface area contributed by atoms with Crippen molar-refractivity contribution in [3.63, 3.8) is 0 Å². The number of ether oxygens (including phenoxy) is 1. The van der Waals surface area contributed by atoms with E-state index >= 15 is 4.39 Å². The molecule has 1 amide bonds. The summed E-state index contributed by atoms with van der Waals surface area (Å²) < 4.78 is 23.2. The minimum absolute atomic E-state index is 0.0134. The SMILES string of the molecule is C=CC(=O)N1CCN(c2nc(=O)n(-c3c(C)ccnc3C(C)C)c3c4c(c(Cl)cc23)-c2c(F)cccc2OCC4)[C@@H](C)C1. The number of pyridine rings is 1. The average Bonchev–Trinajstić information content (AvgIpc) is 3.18. The summed E-state index contributed by atoms with van der Waals surface area (Å²) in [6, 6.07) is 8.23. The van der Waals surface area contributed by atoms with Gasteiger partial charge in [-0.2, -0.15) is 4.98 Å². The van der Waals surface area contributed by atoms with Crippen LogP contribution < -0.4 is 15.3 Å². The zero-order chi connectivity index (χ0) is 30.6. The van der Waals surface area contributed by atoms with Crippen LogP contribution in [0.25, 0.3) is 27.7 Å². The number of carbonyl (C=O) groups excluding carboxylic acids is 1. The fourth-order valence-electron chi connectivity index (χ4n) is 6.37. The van der Waals surface area contributed by atoms with E-state index in [0.717, 1.165) is 11.3 Å². The number of carbonyl (C=O) groups is 1. The van der Waals surface area contributed by atoms with Crippen molar-refractivity contribution in [3.8, 4) is 22.6 Å². The molecule has 2 aliphatic heterocycles. The standard InChI is InChI=1S/C33H33ClFN5O3/c1-6-26(41)38-13-14-39(20(5)17-38)32-22-16-23(34)27-21(11-15-43-25-9-7-8-24(35)28(25)27)31(22)40(33(42)37-32)30-19(4)10-12-36-29(30)18(2)3/h6-10,12,16,18,20H,1,11,13-15,17H2,2-5H3/t20-/m0/s1. The first-order chi connectivity index (χ1) is 20.6. The Kier molecular flexibility index (Phi) is 7.46. The molecule has 222 valence electrons. The second-order valence-electron chi connectivity index (χ2n) is 11.4. The van der Waals surface area contributed by atoms with Crippen molar-refractivity contribution in [2.75, 3.05) is 31.1 Å². The van der Waals surface area contributed by atoms with Crippen molar-refractivity contribution in [3.05, 3.63) is 87.3 Å². The van der Waals surface area contributed by atoms with Crippen molar-refractivity contribution < 1.29 is 13.9 Å². The molecule has 10 heteroatoms. The molecule has 6 rings (SSSR count). The van der Waals surface area contributed by atoms with E-state index in [1.54, 1.807) is 33.9 Å². The summed E-state index contributed by atoms with van der Waals surface area (Å²) in [4.78, 5) is 39.8. The molecule has 2 aromatic heterocycles. The van der Waals surface area contributed by atoms with E-state index in [4.69, 9.17) is 16.3 Å². The topological polar surface area (TPSA) is 80.6 Å². The zero-order valence-corrected chi connectivity index (χ0v) is 25.4. The van der Waals surface area contributed by atoms with Crippen LogP contribution in [0.4, 0.5) is 10.2 Å². The van der Waals surface area contributed by atoms with Crippen LogP contribution in [0.5, 0.6) is 5.75 Å². The van der Waals surface area contributed by atoms with Gasteiger partial charge in [0.1, 0.15) is 17.4 Å². The molecular weight excluding hydrogens is 569 g/mol. The van der Waals surface area contributed by atoms with Gasteiger partial charge in [0.05, 0.1) is 29.1 Å². The molecule has 0 radical (unpaired) electrons. The number of aromatic nitrogens is 3. The Morgan fingerprint density at radius 3 is 2.74 bits per heavy atom. The van der Waals surface area contributed by atoms with E-state index in [0.29, 0.717) is 70.4 Å². The molecule has 0 aliphatic carbocycles. The molecule has 1 saturated heterocycles. The molecular formula is C33H33ClFN5O3. The summed E-state index contributed by atoms with van der Waals surface area (Å²) in [5.41, 5.74) is 3.89. The molecule has 0 N–H and O–H groups in total. The van der Waals surface area contributed by atoms with Gasteiger partial charge in [0.15, 0.2) is 0 Å². The Hall–Kier alpha value is -4.24. The summed E-state index contributed by atoms with van der Waals surface area (Å²) in [5.74, 6) is 0.301. The molecule has 0 bridgehead atoms. The van der Waals surface area contributed by atoms with Crippen LogP contribution in [0.15, 0.2) is 54.0 Å². The Labute approximate surface area is 254 Å². The Balaban J connectivity index is 1.72. The first kappa shape index (κ1) is 28.9. The first-order valence-corrected chi connectivity index (χ1v) is 14.8. The fourth-order valence-corrected chi connectivity index (χ4v) is 6.69. The Morgan fingerprint density at radius 2 is 2.02 bits per heavy atom. The normalized spacial score (nSPS) is 16.5. The van der Waals surface area contributed by atoms with Gasteiger partial charge in [0, 0.05) is 54.3 Å². The van der Waals surface area contributed by atoms with Crippen LogP contribution in [0.2, 0.25) is 5.02 Å². The molecule has 1 atom stereocenters. The van der Waals surface area contributed by atoms with Gasteiger partial charge in [-0.1, -0.05) is 38.1 Å². The number of benzene rings is 2. The quantitative estimate of drug-likeness (QED) is 0.274. The first-order valence-electron chi connectivity index (χ1n) is 14.5. The molecule has 0 saturated carbocycles. The predicted octanol–water partition coefficient (Wildman–Crippen LogP) is 5.83. The lowest BCUT2D eigenvalue weighted by atomic mass is 9.93. The number of halogens is 2. The highest BCUT2D eigenvalue weighted by molar-refractivity contribution is 6.35. The molecule has 2 aliphatic rings. The lowest BCUT2D eigenvalue weighted by Gasteiger charge is -2.40. The number of nitrogens with zero attached hydrogens (tertiary/aromatic N) is 5. The number of fused-ring (bicyclic) bond motifs is 5. The number of anilines is 1. The minimum atomic E-state index is -0.472. The molecule has 8 nitrogen and oxygen atoms in total. The molecule has 43 heavy (non-hydrogen) atoms. The molecule has 4 aromatic rings. The van der Waals surface area contributed by atoms with Gasteiger partial charge in [-0.05, 0) is 61.2 Å². The summed E-state index contributed by atoms with van der Waals surface area (Å²) >= 11 is 7.04. The van der Waals surface area contributed by atoms with E-state index in [9.17, 15) is 9.59 Å². The van der Waals surface area contributed by atoms with Crippen LogP contribution in [0, 0.1) is 12.7 Å². The molecule has 0 spiro atoms. The Morgan fingerprint density at radius 1 is 1.23 bits per heavy atom. The van der Waals surface area contributed by atoms with Gasteiger partial charge in [-0.25, -0.2) is 9.18 Å². The van der Waals surface area contributed by atoms with Gasteiger partial charge in [0.25, 0.3) is 0 Å². The van der Waals surface area contributed by atoms with E-state index in [1.807, 2.05) is 38.7 Å². The van der Waals surface area contributed by atoms with Crippen LogP contribution in [-0.2, 0) is 11.2 Å². The largest absolute Gasteiger partial charge is 0.492 e. The zero-order valence-electron chi connectivity index (χ0n) is 24.7. The lowest BCUT2D eigenvalue weighted by Crippen LogP contribution is -2.54. The number of aryl methyl sites for hydroxylation is 1. The summed E-state index contributed by atoms with van der Waals surface area (Å²) in [5, 5.41) is 1.00. The van der Waals surface area contributed by atoms with Gasteiger partial charge < -0.3 is 14.5 Å². The summed E-state index contributed by atoms with van der Waals surface area (Å²) in [6.45, 7) is 13.2. The number of hydrogen-bond acceptors (Lipinski definition) is 6. The molecule has 0 unspecified atom stereocenters. The van der Waals surface area contributed by atoms with E-state index in [1.165, 1.54) is 12.1 Å². The van der Waals surface area contributed by atoms with Crippen LogP contribution in [0.1, 0.15) is 43.5 Å². The van der Waals surface area contributed by atoms with Crippen molar-refractivity contribution >= 4 is 34.2 Å². The van der Waals surface area contributed by atoms with Crippen molar-refractivity contribution in [2.24, 2.45) is 0 Å². The minimum Gasteiger partial charge on any atom is -0.492 e. The summed E-state index contributed by atoms with van der Waals surface area (Å²) in [7, 11) is 0. The fraction of sp³-hybridized carbons (Fsp3) is 0.333. The predicted molar refractivity (Wildman–Crippen MR) is 167 cm³/mol.